The fourth-order valence-corrected chi connectivity index (χ4v) is 8.18. The summed E-state index contributed by atoms with van der Waals surface area (Å²) in [6.45, 7) is 5.07. The van der Waals surface area contributed by atoms with Crippen molar-refractivity contribution < 1.29 is 37.0 Å². The lowest BCUT2D eigenvalue weighted by Gasteiger charge is -2.08. The molecule has 2 aromatic heterocycles. The summed E-state index contributed by atoms with van der Waals surface area (Å²) < 4.78 is 44.3. The van der Waals surface area contributed by atoms with Crippen LogP contribution >= 0.6 is 22.7 Å². The van der Waals surface area contributed by atoms with Gasteiger partial charge < -0.3 is 24.1 Å². The Labute approximate surface area is 252 Å². The van der Waals surface area contributed by atoms with E-state index in [1.807, 2.05) is 19.1 Å². The first kappa shape index (κ1) is 31.9. The van der Waals surface area contributed by atoms with Crippen LogP contribution in [0.15, 0.2) is 23.2 Å². The second-order valence-corrected chi connectivity index (χ2v) is 13.8. The summed E-state index contributed by atoms with van der Waals surface area (Å²) in [5.41, 5.74) is 1.97. The highest BCUT2D eigenvalue weighted by atomic mass is 32.2. The maximum Gasteiger partial charge on any atom is 0.341 e. The lowest BCUT2D eigenvalue weighted by atomic mass is 10.1. The number of aryl methyl sites for hydroxylation is 1. The lowest BCUT2D eigenvalue weighted by Crippen LogP contribution is -2.28. The second kappa shape index (κ2) is 14.4. The minimum atomic E-state index is -4.16. The van der Waals surface area contributed by atoms with E-state index in [4.69, 9.17) is 14.2 Å². The van der Waals surface area contributed by atoms with E-state index in [1.54, 1.807) is 24.7 Å². The topological polar surface area (TPSA) is 142 Å². The summed E-state index contributed by atoms with van der Waals surface area (Å²) >= 11 is 2.51. The number of hydrogen-bond donors (Lipinski definition) is 1. The van der Waals surface area contributed by atoms with E-state index in [0.29, 0.717) is 42.3 Å². The van der Waals surface area contributed by atoms with Crippen molar-refractivity contribution in [1.82, 2.24) is 4.57 Å². The average Bonchev–Trinajstić information content (AvgIpc) is 3.34. The molecule has 0 radical (unpaired) electrons. The van der Waals surface area contributed by atoms with Gasteiger partial charge in [-0.15, -0.1) is 11.3 Å². The van der Waals surface area contributed by atoms with Gasteiger partial charge in [-0.1, -0.05) is 17.8 Å². The van der Waals surface area contributed by atoms with Crippen LogP contribution in [-0.4, -0.2) is 69.2 Å². The number of carbonyl (C=O) groups excluding carboxylic acids is 3. The van der Waals surface area contributed by atoms with Crippen LogP contribution in [0, 0.1) is 0 Å². The van der Waals surface area contributed by atoms with E-state index < -0.39 is 39.1 Å². The Kier molecular flexibility index (Phi) is 10.9. The molecule has 0 unspecified atom stereocenters. The maximum atomic E-state index is 12.9. The summed E-state index contributed by atoms with van der Waals surface area (Å²) in [6, 6.07) is 5.45. The number of thiazole rings is 1. The second-order valence-electron chi connectivity index (χ2n) is 9.64. The number of methoxy groups -OCH3 is 1. The van der Waals surface area contributed by atoms with Gasteiger partial charge in [0.25, 0.3) is 5.91 Å². The Morgan fingerprint density at radius 2 is 1.83 bits per heavy atom. The van der Waals surface area contributed by atoms with Gasteiger partial charge in [0.15, 0.2) is 14.6 Å². The molecule has 4 rings (SSSR count). The highest BCUT2D eigenvalue weighted by Gasteiger charge is 2.28. The van der Waals surface area contributed by atoms with Crippen molar-refractivity contribution in [3.8, 4) is 5.75 Å². The molecule has 0 spiro atoms. The molecule has 228 valence electrons. The van der Waals surface area contributed by atoms with Crippen molar-refractivity contribution in [3.05, 3.63) is 39.0 Å². The number of nitrogens with one attached hydrogen (secondary N) is 1. The van der Waals surface area contributed by atoms with Crippen molar-refractivity contribution in [2.45, 2.75) is 52.5 Å². The summed E-state index contributed by atoms with van der Waals surface area (Å²) in [4.78, 5) is 43.9. The number of anilines is 1. The molecule has 1 aromatic carbocycles. The van der Waals surface area contributed by atoms with Crippen LogP contribution in [0.3, 0.4) is 0 Å². The van der Waals surface area contributed by atoms with Crippen LogP contribution in [0.2, 0.25) is 0 Å². The summed E-state index contributed by atoms with van der Waals surface area (Å²) in [5.74, 6) is -3.47. The van der Waals surface area contributed by atoms with Crippen LogP contribution in [0.1, 0.15) is 53.9 Å². The molecule has 0 fully saturated rings. The molecule has 0 bridgehead atoms. The summed E-state index contributed by atoms with van der Waals surface area (Å²) in [5, 5.41) is 2.89. The fraction of sp³-hybridized carbons (Fsp3) is 0.500. The number of esters is 1. The number of rotatable bonds is 12. The molecule has 11 nitrogen and oxygen atoms in total. The highest BCUT2D eigenvalue weighted by molar-refractivity contribution is 7.92. The number of thiophene rings is 1. The van der Waals surface area contributed by atoms with E-state index in [-0.39, 0.29) is 11.6 Å². The number of sulfone groups is 1. The highest BCUT2D eigenvalue weighted by Crippen LogP contribution is 2.38. The molecule has 1 N–H and O–H groups in total. The number of benzene rings is 1. The van der Waals surface area contributed by atoms with Gasteiger partial charge in [0.1, 0.15) is 22.3 Å². The number of hydrogen-bond acceptors (Lipinski definition) is 10. The first-order valence-electron chi connectivity index (χ1n) is 13.8. The van der Waals surface area contributed by atoms with Gasteiger partial charge in [0.05, 0.1) is 36.1 Å². The van der Waals surface area contributed by atoms with Crippen LogP contribution in [-0.2, 0) is 48.3 Å². The van der Waals surface area contributed by atoms with Crippen molar-refractivity contribution in [1.29, 1.82) is 0 Å². The zero-order chi connectivity index (χ0) is 30.3. The first-order valence-corrected chi connectivity index (χ1v) is 17.3. The van der Waals surface area contributed by atoms with Crippen molar-refractivity contribution >= 4 is 65.5 Å². The maximum absolute atomic E-state index is 12.9. The smallest absolute Gasteiger partial charge is 0.341 e. The van der Waals surface area contributed by atoms with Gasteiger partial charge in [-0.3, -0.25) is 9.59 Å². The Bertz CT molecular complexity index is 1640. The molecule has 3 aromatic rings. The molecule has 0 saturated carbocycles. The van der Waals surface area contributed by atoms with Crippen LogP contribution < -0.4 is 14.9 Å². The number of carbonyl (C=O) groups is 3. The summed E-state index contributed by atoms with van der Waals surface area (Å²) in [6.07, 6.45) is 4.42. The standard InChI is InChI=1S/C28H35N3O8S3/c1-4-38-14-13-31-20-12-11-18(37-3)15-22(20)41-28(31)30-24(33)17-42(35,36)16-23(32)29-26-25(27(34)39-5-2)19-9-7-6-8-10-21(19)40-26/h11-12,15H,4-10,13-14,16-17H2,1-3H3,(H,29,32). The molecule has 0 saturated heterocycles. The number of fused-ring (bicyclic) bond motifs is 2. The van der Waals surface area contributed by atoms with Crippen molar-refractivity contribution in [2.75, 3.05) is 43.8 Å². The summed E-state index contributed by atoms with van der Waals surface area (Å²) in [7, 11) is -2.61. The third kappa shape index (κ3) is 7.85. The fourth-order valence-electron chi connectivity index (χ4n) is 4.77. The van der Waals surface area contributed by atoms with Gasteiger partial charge in [-0.05, 0) is 63.3 Å². The Morgan fingerprint density at radius 3 is 2.57 bits per heavy atom. The van der Waals surface area contributed by atoms with E-state index in [1.165, 1.54) is 22.7 Å². The zero-order valence-corrected chi connectivity index (χ0v) is 26.3. The van der Waals surface area contributed by atoms with Gasteiger partial charge in [0, 0.05) is 18.0 Å². The number of amides is 2. The van der Waals surface area contributed by atoms with Crippen LogP contribution in [0.5, 0.6) is 5.75 Å². The lowest BCUT2D eigenvalue weighted by molar-refractivity contribution is -0.115. The molecular formula is C28H35N3O8S3. The van der Waals surface area contributed by atoms with Gasteiger partial charge in [-0.25, -0.2) is 13.2 Å². The molecule has 0 atom stereocenters. The Morgan fingerprint density at radius 1 is 1.05 bits per heavy atom. The first-order chi connectivity index (χ1) is 20.2. The Hall–Kier alpha value is -3.07. The zero-order valence-electron chi connectivity index (χ0n) is 23.9. The normalized spacial score (nSPS) is 13.9. The quantitative estimate of drug-likeness (QED) is 0.180. The largest absolute Gasteiger partial charge is 0.497 e. The van der Waals surface area contributed by atoms with Gasteiger partial charge >= 0.3 is 5.97 Å². The third-order valence-electron chi connectivity index (χ3n) is 6.62. The Balaban J connectivity index is 1.51. The van der Waals surface area contributed by atoms with Crippen molar-refractivity contribution in [2.24, 2.45) is 4.99 Å². The molecule has 1 aliphatic rings. The van der Waals surface area contributed by atoms with Crippen molar-refractivity contribution in [3.63, 3.8) is 0 Å². The molecule has 2 heterocycles. The van der Waals surface area contributed by atoms with E-state index in [2.05, 4.69) is 10.3 Å². The minimum absolute atomic E-state index is 0.176. The van der Waals surface area contributed by atoms with Crippen LogP contribution in [0.25, 0.3) is 10.2 Å². The van der Waals surface area contributed by atoms with E-state index in [9.17, 15) is 22.8 Å². The molecular weight excluding hydrogens is 603 g/mol. The average molecular weight is 638 g/mol. The molecule has 42 heavy (non-hydrogen) atoms. The van der Waals surface area contributed by atoms with Gasteiger partial charge in [0.2, 0.25) is 5.91 Å². The predicted molar refractivity (Wildman–Crippen MR) is 162 cm³/mol. The molecule has 1 aliphatic carbocycles. The third-order valence-corrected chi connectivity index (χ3v) is 10.3. The molecule has 0 aliphatic heterocycles. The van der Waals surface area contributed by atoms with E-state index in [0.717, 1.165) is 46.3 Å². The number of ether oxygens (including phenoxy) is 3. The minimum Gasteiger partial charge on any atom is -0.497 e. The number of aromatic nitrogens is 1. The van der Waals surface area contributed by atoms with Crippen LogP contribution in [0.4, 0.5) is 5.00 Å². The van der Waals surface area contributed by atoms with Gasteiger partial charge in [-0.2, -0.15) is 4.99 Å². The SMILES string of the molecule is CCOCCn1c(=NC(=O)CS(=O)(=O)CC(=O)Nc2sc3c(c2C(=O)OCC)CCCCC3)sc2cc(OC)ccc21. The predicted octanol–water partition coefficient (Wildman–Crippen LogP) is 3.74. The number of nitrogens with zero attached hydrogens (tertiary/aromatic N) is 2. The molecule has 14 heteroatoms. The van der Waals surface area contributed by atoms with E-state index >= 15 is 0 Å². The monoisotopic (exact) mass is 637 g/mol. The molecule has 2 amide bonds.